The first-order valence-electron chi connectivity index (χ1n) is 10.2. The summed E-state index contributed by atoms with van der Waals surface area (Å²) in [6.07, 6.45) is 3.38. The summed E-state index contributed by atoms with van der Waals surface area (Å²) in [5.74, 6) is 0.686. The molecule has 1 aliphatic rings. The summed E-state index contributed by atoms with van der Waals surface area (Å²) in [7, 11) is 0. The Kier molecular flexibility index (Phi) is 5.03. The Balaban J connectivity index is 1.38. The molecular formula is C23H27N3O3. The molecule has 2 aromatic heterocycles. The van der Waals surface area contributed by atoms with Crippen LogP contribution in [0.1, 0.15) is 49.9 Å². The summed E-state index contributed by atoms with van der Waals surface area (Å²) >= 11 is 0. The van der Waals surface area contributed by atoms with Gasteiger partial charge in [-0.15, -0.1) is 0 Å². The van der Waals surface area contributed by atoms with Crippen molar-refractivity contribution >= 4 is 16.9 Å². The van der Waals surface area contributed by atoms with E-state index in [1.165, 1.54) is 0 Å². The van der Waals surface area contributed by atoms with Gasteiger partial charge < -0.3 is 9.32 Å². The van der Waals surface area contributed by atoms with Crippen LogP contribution in [0.3, 0.4) is 0 Å². The highest BCUT2D eigenvalue weighted by Crippen LogP contribution is 2.24. The van der Waals surface area contributed by atoms with Crippen molar-refractivity contribution in [3.05, 3.63) is 64.5 Å². The number of carbonyl (C=O) groups is 1. The maximum atomic E-state index is 12.8. The molecule has 0 radical (unpaired) electrons. The Morgan fingerprint density at radius 1 is 1.17 bits per heavy atom. The second-order valence-electron chi connectivity index (χ2n) is 8.90. The molecule has 1 saturated heterocycles. The Hall–Kier alpha value is -2.89. The zero-order valence-corrected chi connectivity index (χ0v) is 17.2. The van der Waals surface area contributed by atoms with Crippen molar-refractivity contribution in [1.29, 1.82) is 0 Å². The topological polar surface area (TPSA) is 68.3 Å². The average Bonchev–Trinajstić information content (AvgIpc) is 3.13. The first kappa shape index (κ1) is 19.4. The van der Waals surface area contributed by atoms with Crippen molar-refractivity contribution in [2.24, 2.45) is 5.92 Å². The van der Waals surface area contributed by atoms with Gasteiger partial charge in [0.2, 0.25) is 0 Å². The third kappa shape index (κ3) is 4.11. The molecule has 0 aliphatic carbocycles. The molecule has 0 saturated carbocycles. The second-order valence-corrected chi connectivity index (χ2v) is 8.90. The van der Waals surface area contributed by atoms with E-state index >= 15 is 0 Å². The summed E-state index contributed by atoms with van der Waals surface area (Å²) in [5.41, 5.74) is 1.40. The molecule has 29 heavy (non-hydrogen) atoms. The minimum atomic E-state index is -0.138. The van der Waals surface area contributed by atoms with Crippen LogP contribution < -0.4 is 5.56 Å². The maximum absolute atomic E-state index is 12.8. The number of benzene rings is 1. The number of para-hydroxylation sites is 1. The van der Waals surface area contributed by atoms with Gasteiger partial charge in [0, 0.05) is 36.5 Å². The van der Waals surface area contributed by atoms with Crippen molar-refractivity contribution < 1.29 is 9.21 Å². The molecule has 0 N–H and O–H groups in total. The fourth-order valence-corrected chi connectivity index (χ4v) is 3.81. The Labute approximate surface area is 170 Å². The van der Waals surface area contributed by atoms with Crippen LogP contribution in [0.25, 0.3) is 11.0 Å². The standard InChI is InChI=1S/C23H27N3O3/c1-23(2,3)20-13-21(27)26(15-24-20)14-16-8-10-25(11-9-16)22(28)19-12-17-6-4-5-7-18(17)29-19/h4-7,12-13,15-16H,8-11,14H2,1-3H3. The van der Waals surface area contributed by atoms with Crippen molar-refractivity contribution in [2.75, 3.05) is 13.1 Å². The lowest BCUT2D eigenvalue weighted by atomic mass is 9.92. The van der Waals surface area contributed by atoms with Gasteiger partial charge in [0.05, 0.1) is 12.0 Å². The molecule has 1 aliphatic heterocycles. The normalized spacial score (nSPS) is 15.8. The number of nitrogens with zero attached hydrogens (tertiary/aromatic N) is 3. The molecule has 6 heteroatoms. The van der Waals surface area contributed by atoms with E-state index < -0.39 is 0 Å². The highest BCUT2D eigenvalue weighted by molar-refractivity contribution is 5.96. The smallest absolute Gasteiger partial charge is 0.289 e. The molecule has 1 aromatic carbocycles. The fourth-order valence-electron chi connectivity index (χ4n) is 3.81. The molecule has 152 valence electrons. The summed E-state index contributed by atoms with van der Waals surface area (Å²) in [6, 6.07) is 11.1. The molecule has 3 aromatic rings. The predicted molar refractivity (Wildman–Crippen MR) is 112 cm³/mol. The first-order valence-corrected chi connectivity index (χ1v) is 10.2. The quantitative estimate of drug-likeness (QED) is 0.678. The molecule has 0 unspecified atom stereocenters. The lowest BCUT2D eigenvalue weighted by Crippen LogP contribution is -2.40. The van der Waals surface area contributed by atoms with E-state index in [0.717, 1.165) is 29.5 Å². The number of rotatable bonds is 3. The summed E-state index contributed by atoms with van der Waals surface area (Å²) < 4.78 is 7.41. The molecule has 0 spiro atoms. The number of likely N-dealkylation sites (tertiary alicyclic amines) is 1. The largest absolute Gasteiger partial charge is 0.451 e. The zero-order valence-electron chi connectivity index (χ0n) is 17.2. The SMILES string of the molecule is CC(C)(C)c1cc(=O)n(CC2CCN(C(=O)c3cc4ccccc4o3)CC2)cn1. The van der Waals surface area contributed by atoms with Crippen LogP contribution in [-0.2, 0) is 12.0 Å². The van der Waals surface area contributed by atoms with Crippen LogP contribution in [-0.4, -0.2) is 33.4 Å². The van der Waals surface area contributed by atoms with E-state index in [4.69, 9.17) is 4.42 Å². The van der Waals surface area contributed by atoms with Crippen LogP contribution in [0.15, 0.2) is 51.9 Å². The minimum absolute atomic E-state index is 0.00861. The van der Waals surface area contributed by atoms with Crippen LogP contribution in [0.5, 0.6) is 0 Å². The molecule has 0 atom stereocenters. The number of aromatic nitrogens is 2. The van der Waals surface area contributed by atoms with E-state index in [2.05, 4.69) is 4.98 Å². The van der Waals surface area contributed by atoms with Gasteiger partial charge in [0.25, 0.3) is 11.5 Å². The van der Waals surface area contributed by atoms with Crippen LogP contribution >= 0.6 is 0 Å². The average molecular weight is 393 g/mol. The molecule has 4 rings (SSSR count). The molecular weight excluding hydrogens is 366 g/mol. The van der Waals surface area contributed by atoms with Gasteiger partial charge >= 0.3 is 0 Å². The first-order chi connectivity index (χ1) is 13.8. The molecule has 1 fully saturated rings. The number of hydrogen-bond acceptors (Lipinski definition) is 4. The van der Waals surface area contributed by atoms with E-state index in [-0.39, 0.29) is 16.9 Å². The highest BCUT2D eigenvalue weighted by Gasteiger charge is 2.26. The third-order valence-corrected chi connectivity index (χ3v) is 5.64. The molecule has 1 amide bonds. The Bertz CT molecular complexity index is 1050. The monoisotopic (exact) mass is 393 g/mol. The number of carbonyl (C=O) groups excluding carboxylic acids is 1. The van der Waals surface area contributed by atoms with Gasteiger partial charge in [0.1, 0.15) is 5.58 Å². The highest BCUT2D eigenvalue weighted by atomic mass is 16.3. The van der Waals surface area contributed by atoms with Gasteiger partial charge in [-0.3, -0.25) is 14.2 Å². The minimum Gasteiger partial charge on any atom is -0.451 e. The number of amides is 1. The summed E-state index contributed by atoms with van der Waals surface area (Å²) in [6.45, 7) is 8.13. The van der Waals surface area contributed by atoms with Crippen molar-refractivity contribution in [2.45, 2.75) is 45.6 Å². The van der Waals surface area contributed by atoms with Crippen LogP contribution in [0, 0.1) is 5.92 Å². The Morgan fingerprint density at radius 2 is 1.90 bits per heavy atom. The summed E-state index contributed by atoms with van der Waals surface area (Å²) in [5, 5.41) is 0.941. The van der Waals surface area contributed by atoms with Gasteiger partial charge in [-0.1, -0.05) is 39.0 Å². The second kappa shape index (κ2) is 7.50. The van der Waals surface area contributed by atoms with Gasteiger partial charge in [-0.2, -0.15) is 0 Å². The van der Waals surface area contributed by atoms with Crippen LogP contribution in [0.4, 0.5) is 0 Å². The number of piperidine rings is 1. The zero-order chi connectivity index (χ0) is 20.6. The van der Waals surface area contributed by atoms with E-state index in [1.54, 1.807) is 17.0 Å². The van der Waals surface area contributed by atoms with Crippen molar-refractivity contribution in [3.8, 4) is 0 Å². The predicted octanol–water partition coefficient (Wildman–Crippen LogP) is 3.84. The maximum Gasteiger partial charge on any atom is 0.289 e. The number of furan rings is 1. The van der Waals surface area contributed by atoms with Gasteiger partial charge in [0.15, 0.2) is 5.76 Å². The van der Waals surface area contributed by atoms with Gasteiger partial charge in [-0.25, -0.2) is 4.98 Å². The molecule has 0 bridgehead atoms. The van der Waals surface area contributed by atoms with Crippen LogP contribution in [0.2, 0.25) is 0 Å². The summed E-state index contributed by atoms with van der Waals surface area (Å²) in [4.78, 5) is 31.5. The number of fused-ring (bicyclic) bond motifs is 1. The van der Waals surface area contributed by atoms with E-state index in [1.807, 2.05) is 56.0 Å². The van der Waals surface area contributed by atoms with Gasteiger partial charge in [-0.05, 0) is 30.9 Å². The molecule has 6 nitrogen and oxygen atoms in total. The van der Waals surface area contributed by atoms with Crippen molar-refractivity contribution in [1.82, 2.24) is 14.5 Å². The number of hydrogen-bond donors (Lipinski definition) is 0. The van der Waals surface area contributed by atoms with E-state index in [9.17, 15) is 9.59 Å². The molecule has 3 heterocycles. The Morgan fingerprint density at radius 3 is 2.55 bits per heavy atom. The lowest BCUT2D eigenvalue weighted by molar-refractivity contribution is 0.0652. The fraction of sp³-hybridized carbons (Fsp3) is 0.435. The third-order valence-electron chi connectivity index (χ3n) is 5.64. The lowest BCUT2D eigenvalue weighted by Gasteiger charge is -2.31. The van der Waals surface area contributed by atoms with E-state index in [0.29, 0.717) is 31.3 Å². The van der Waals surface area contributed by atoms with Crippen molar-refractivity contribution in [3.63, 3.8) is 0 Å².